The average Bonchev–Trinajstić information content (AvgIpc) is 3.08. The fourth-order valence-electron chi connectivity index (χ4n) is 2.41. The van der Waals surface area contributed by atoms with Gasteiger partial charge in [0.1, 0.15) is 11.6 Å². The van der Waals surface area contributed by atoms with Gasteiger partial charge in [0.05, 0.1) is 12.3 Å². The monoisotopic (exact) mass is 260 g/mol. The van der Waals surface area contributed by atoms with Crippen LogP contribution in [0.3, 0.4) is 0 Å². The normalized spacial score (nSPS) is 18.1. The third kappa shape index (κ3) is 2.25. The van der Waals surface area contributed by atoms with Gasteiger partial charge in [0.25, 0.3) is 5.91 Å². The van der Waals surface area contributed by atoms with Gasteiger partial charge in [-0.3, -0.25) is 9.89 Å². The molecule has 1 amide bonds. The molecule has 2 aromatic rings. The van der Waals surface area contributed by atoms with Gasteiger partial charge in [0.2, 0.25) is 5.82 Å². The van der Waals surface area contributed by atoms with Crippen LogP contribution < -0.4 is 5.32 Å². The lowest BCUT2D eigenvalue weighted by molar-refractivity contribution is 0.0922. The predicted molar refractivity (Wildman–Crippen MR) is 67.6 cm³/mol. The molecule has 0 radical (unpaired) electrons. The first-order valence-corrected chi connectivity index (χ1v) is 6.56. The third-order valence-electron chi connectivity index (χ3n) is 3.43. The Morgan fingerprint density at radius 3 is 3.32 bits per heavy atom. The molecule has 0 saturated carbocycles. The van der Waals surface area contributed by atoms with Crippen LogP contribution in [0.5, 0.6) is 0 Å². The van der Waals surface area contributed by atoms with Crippen LogP contribution in [0.1, 0.15) is 53.6 Å². The van der Waals surface area contributed by atoms with Crippen LogP contribution in [0.2, 0.25) is 0 Å². The van der Waals surface area contributed by atoms with E-state index in [0.29, 0.717) is 0 Å². The van der Waals surface area contributed by atoms with Crippen LogP contribution in [-0.2, 0) is 12.8 Å². The highest BCUT2D eigenvalue weighted by Crippen LogP contribution is 2.30. The molecule has 0 aromatic carbocycles. The van der Waals surface area contributed by atoms with Crippen molar-refractivity contribution in [1.82, 2.24) is 20.5 Å². The largest absolute Gasteiger partial charge is 0.469 e. The molecule has 0 saturated heterocycles. The molecule has 2 heterocycles. The van der Waals surface area contributed by atoms with Gasteiger partial charge in [0, 0.05) is 18.4 Å². The Kier molecular flexibility index (Phi) is 3.06. The number of amides is 1. The first-order chi connectivity index (χ1) is 9.28. The molecule has 19 heavy (non-hydrogen) atoms. The van der Waals surface area contributed by atoms with E-state index in [1.165, 1.54) is 0 Å². The molecule has 1 unspecified atom stereocenters. The van der Waals surface area contributed by atoms with Crippen molar-refractivity contribution >= 4 is 5.91 Å². The number of nitrogens with zero attached hydrogens (tertiary/aromatic N) is 2. The van der Waals surface area contributed by atoms with Crippen molar-refractivity contribution in [3.8, 4) is 0 Å². The highest BCUT2D eigenvalue weighted by Gasteiger charge is 2.25. The molecule has 0 bridgehead atoms. The van der Waals surface area contributed by atoms with Gasteiger partial charge >= 0.3 is 0 Å². The summed E-state index contributed by atoms with van der Waals surface area (Å²) in [7, 11) is 0. The summed E-state index contributed by atoms with van der Waals surface area (Å²) in [6, 6.07) is 1.92. The lowest BCUT2D eigenvalue weighted by Gasteiger charge is -2.21. The van der Waals surface area contributed by atoms with Crippen molar-refractivity contribution in [2.75, 3.05) is 0 Å². The number of aromatic nitrogens is 3. The van der Waals surface area contributed by atoms with Crippen molar-refractivity contribution in [2.45, 2.75) is 38.6 Å². The number of fused-ring (bicyclic) bond motifs is 1. The number of carbonyl (C=O) groups excluding carboxylic acids is 1. The van der Waals surface area contributed by atoms with Gasteiger partial charge in [0.15, 0.2) is 0 Å². The molecule has 2 N–H and O–H groups in total. The maximum atomic E-state index is 12.1. The Balaban J connectivity index is 1.74. The van der Waals surface area contributed by atoms with Gasteiger partial charge in [-0.25, -0.2) is 4.98 Å². The molecule has 2 aromatic heterocycles. The first-order valence-electron chi connectivity index (χ1n) is 6.56. The topological polar surface area (TPSA) is 83.8 Å². The second-order valence-corrected chi connectivity index (χ2v) is 4.68. The molecule has 6 heteroatoms. The van der Waals surface area contributed by atoms with Crippen molar-refractivity contribution in [3.05, 3.63) is 35.3 Å². The van der Waals surface area contributed by atoms with Crippen LogP contribution in [0.15, 0.2) is 16.7 Å². The minimum absolute atomic E-state index is 0.00132. The second-order valence-electron chi connectivity index (χ2n) is 4.68. The maximum Gasteiger partial charge on any atom is 0.291 e. The van der Waals surface area contributed by atoms with Crippen LogP contribution in [0.25, 0.3) is 0 Å². The zero-order chi connectivity index (χ0) is 13.2. The summed E-state index contributed by atoms with van der Waals surface area (Å²) in [5.74, 6) is 1.65. The number of carbonyl (C=O) groups is 1. The van der Waals surface area contributed by atoms with E-state index in [9.17, 15) is 4.79 Å². The van der Waals surface area contributed by atoms with Gasteiger partial charge < -0.3 is 9.73 Å². The zero-order valence-electron chi connectivity index (χ0n) is 10.8. The summed E-state index contributed by atoms with van der Waals surface area (Å²) in [6.07, 6.45) is 5.28. The summed E-state index contributed by atoms with van der Waals surface area (Å²) >= 11 is 0. The molecule has 0 fully saturated rings. The average molecular weight is 260 g/mol. The van der Waals surface area contributed by atoms with Crippen LogP contribution in [-0.4, -0.2) is 21.1 Å². The molecular weight excluding hydrogens is 244 g/mol. The maximum absolute atomic E-state index is 12.1. The molecular formula is C13H16N4O2. The van der Waals surface area contributed by atoms with E-state index in [-0.39, 0.29) is 17.8 Å². The standard InChI is InChI=1S/C13H16N4O2/c1-2-11-15-12(17-16-11)13(18)14-9-4-3-5-10-8(9)6-7-19-10/h6-7,9H,2-5H2,1H3,(H,14,18)(H,15,16,17). The van der Waals surface area contributed by atoms with E-state index in [1.807, 2.05) is 13.0 Å². The SMILES string of the molecule is CCc1nc(C(=O)NC2CCCc3occc32)n[nH]1. The fourth-order valence-corrected chi connectivity index (χ4v) is 2.41. The summed E-state index contributed by atoms with van der Waals surface area (Å²) in [6.45, 7) is 1.96. The molecule has 1 aliphatic rings. The number of rotatable bonds is 3. The smallest absolute Gasteiger partial charge is 0.291 e. The Morgan fingerprint density at radius 2 is 2.53 bits per heavy atom. The number of hydrogen-bond donors (Lipinski definition) is 2. The molecule has 0 aliphatic heterocycles. The van der Waals surface area contributed by atoms with Gasteiger partial charge in [-0.05, 0) is 18.9 Å². The van der Waals surface area contributed by atoms with E-state index in [4.69, 9.17) is 4.42 Å². The van der Waals surface area contributed by atoms with E-state index >= 15 is 0 Å². The summed E-state index contributed by atoms with van der Waals surface area (Å²) in [5, 5.41) is 9.64. The molecule has 0 spiro atoms. The second kappa shape index (κ2) is 4.87. The van der Waals surface area contributed by atoms with E-state index in [2.05, 4.69) is 20.5 Å². The van der Waals surface area contributed by atoms with Crippen LogP contribution >= 0.6 is 0 Å². The predicted octanol–water partition coefficient (Wildman–Crippen LogP) is 1.77. The number of nitrogens with one attached hydrogen (secondary N) is 2. The highest BCUT2D eigenvalue weighted by atomic mass is 16.3. The zero-order valence-corrected chi connectivity index (χ0v) is 10.8. The summed E-state index contributed by atoms with van der Waals surface area (Å²) in [5.41, 5.74) is 1.07. The minimum atomic E-state index is -0.241. The van der Waals surface area contributed by atoms with E-state index in [0.717, 1.165) is 42.8 Å². The molecule has 3 rings (SSSR count). The van der Waals surface area contributed by atoms with Crippen molar-refractivity contribution in [1.29, 1.82) is 0 Å². The summed E-state index contributed by atoms with van der Waals surface area (Å²) in [4.78, 5) is 16.2. The number of H-pyrrole nitrogens is 1. The Morgan fingerprint density at radius 1 is 1.63 bits per heavy atom. The number of aryl methyl sites for hydroxylation is 2. The molecule has 1 atom stereocenters. The minimum Gasteiger partial charge on any atom is -0.469 e. The molecule has 6 nitrogen and oxygen atoms in total. The number of furan rings is 1. The lowest BCUT2D eigenvalue weighted by Crippen LogP contribution is -2.31. The van der Waals surface area contributed by atoms with Crippen molar-refractivity contribution < 1.29 is 9.21 Å². The Bertz CT molecular complexity index is 587. The third-order valence-corrected chi connectivity index (χ3v) is 3.43. The van der Waals surface area contributed by atoms with Gasteiger partial charge in [-0.15, -0.1) is 5.10 Å². The number of aromatic amines is 1. The fraction of sp³-hybridized carbons (Fsp3) is 0.462. The Hall–Kier alpha value is -2.11. The van der Waals surface area contributed by atoms with E-state index in [1.54, 1.807) is 6.26 Å². The quantitative estimate of drug-likeness (QED) is 0.880. The Labute approximate surface area is 110 Å². The van der Waals surface area contributed by atoms with Gasteiger partial charge in [-0.2, -0.15) is 0 Å². The first kappa shape index (κ1) is 12.0. The number of hydrogen-bond acceptors (Lipinski definition) is 4. The molecule has 1 aliphatic carbocycles. The van der Waals surface area contributed by atoms with Crippen molar-refractivity contribution in [3.63, 3.8) is 0 Å². The lowest BCUT2D eigenvalue weighted by atomic mass is 9.93. The molecule has 100 valence electrons. The summed E-state index contributed by atoms with van der Waals surface area (Å²) < 4.78 is 5.41. The van der Waals surface area contributed by atoms with Crippen LogP contribution in [0.4, 0.5) is 0 Å². The van der Waals surface area contributed by atoms with Gasteiger partial charge in [-0.1, -0.05) is 6.92 Å². The van der Waals surface area contributed by atoms with Crippen LogP contribution in [0, 0.1) is 0 Å². The van der Waals surface area contributed by atoms with Crippen molar-refractivity contribution in [2.24, 2.45) is 0 Å². The highest BCUT2D eigenvalue weighted by molar-refractivity contribution is 5.90. The van der Waals surface area contributed by atoms with E-state index < -0.39 is 0 Å².